The number of rotatable bonds is 4. The van der Waals surface area contributed by atoms with Crippen LogP contribution in [0.25, 0.3) is 5.65 Å². The minimum Gasteiger partial charge on any atom is -0.382 e. The van der Waals surface area contributed by atoms with Gasteiger partial charge in [-0.25, -0.2) is 19.3 Å². The summed E-state index contributed by atoms with van der Waals surface area (Å²) in [6, 6.07) is 10.3. The third-order valence-electron chi connectivity index (χ3n) is 7.41. The molecule has 0 bridgehead atoms. The van der Waals surface area contributed by atoms with Crippen LogP contribution in [-0.2, 0) is 13.1 Å². The second-order valence-electron chi connectivity index (χ2n) is 9.26. The molecule has 4 N–H and O–H groups in total. The lowest BCUT2D eigenvalue weighted by molar-refractivity contribution is 0.186. The first-order valence-electron chi connectivity index (χ1n) is 11.6. The normalized spacial score (nSPS) is 18.9. The van der Waals surface area contributed by atoms with E-state index in [-0.39, 0.29) is 17.3 Å². The van der Waals surface area contributed by atoms with E-state index in [9.17, 15) is 4.39 Å². The van der Waals surface area contributed by atoms with Gasteiger partial charge in [-0.1, -0.05) is 47.6 Å². The molecule has 1 aliphatic carbocycles. The number of aromatic nitrogens is 4. The van der Waals surface area contributed by atoms with Crippen LogP contribution in [0.2, 0.25) is 5.02 Å². The number of piperidine rings is 1. The highest BCUT2D eigenvalue weighted by molar-refractivity contribution is 7.99. The number of nitrogens with two attached hydrogens (primary N) is 2. The van der Waals surface area contributed by atoms with Crippen molar-refractivity contribution < 1.29 is 4.39 Å². The van der Waals surface area contributed by atoms with Crippen LogP contribution >= 0.6 is 23.4 Å². The Balaban J connectivity index is 1.31. The molecule has 4 heterocycles. The quantitative estimate of drug-likeness (QED) is 0.407. The molecular weight excluding hydrogens is 485 g/mol. The molecule has 6 rings (SSSR count). The van der Waals surface area contributed by atoms with Gasteiger partial charge in [-0.3, -0.25) is 4.40 Å². The number of benzene rings is 1. The maximum atomic E-state index is 14.3. The monoisotopic (exact) mass is 509 g/mol. The number of imidazole rings is 1. The summed E-state index contributed by atoms with van der Waals surface area (Å²) < 4.78 is 16.2. The lowest BCUT2D eigenvalue weighted by atomic mass is 9.73. The summed E-state index contributed by atoms with van der Waals surface area (Å²) in [5, 5.41) is 0.339. The van der Waals surface area contributed by atoms with E-state index in [2.05, 4.69) is 39.1 Å². The Morgan fingerprint density at radius 2 is 1.94 bits per heavy atom. The fourth-order valence-corrected chi connectivity index (χ4v) is 6.72. The van der Waals surface area contributed by atoms with E-state index in [1.54, 1.807) is 18.5 Å². The second kappa shape index (κ2) is 8.65. The summed E-state index contributed by atoms with van der Waals surface area (Å²) in [5.41, 5.74) is 16.3. The second-order valence-corrected chi connectivity index (χ2v) is 10.7. The summed E-state index contributed by atoms with van der Waals surface area (Å²) in [5.74, 6) is 0.936. The fourth-order valence-electron chi connectivity index (χ4n) is 5.49. The van der Waals surface area contributed by atoms with Gasteiger partial charge in [-0.05, 0) is 41.9 Å². The number of halogens is 2. The Hall–Kier alpha value is -2.88. The first-order chi connectivity index (χ1) is 17.0. The smallest absolute Gasteiger partial charge is 0.211 e. The molecule has 180 valence electrons. The van der Waals surface area contributed by atoms with Crippen molar-refractivity contribution in [3.05, 3.63) is 70.8 Å². The predicted molar refractivity (Wildman–Crippen MR) is 137 cm³/mol. The molecular formula is C25H25ClFN7S. The van der Waals surface area contributed by atoms with Gasteiger partial charge in [0.25, 0.3) is 0 Å². The molecule has 1 aliphatic heterocycles. The van der Waals surface area contributed by atoms with Crippen LogP contribution in [0.3, 0.4) is 0 Å². The molecule has 4 aromatic rings. The average molecular weight is 510 g/mol. The molecule has 0 radical (unpaired) electrons. The van der Waals surface area contributed by atoms with Crippen molar-refractivity contribution in [3.63, 3.8) is 0 Å². The van der Waals surface area contributed by atoms with Gasteiger partial charge in [-0.2, -0.15) is 0 Å². The van der Waals surface area contributed by atoms with Crippen LogP contribution in [0.15, 0.2) is 58.7 Å². The summed E-state index contributed by atoms with van der Waals surface area (Å²) in [6.07, 6.45) is 8.08. The highest BCUT2D eigenvalue weighted by Crippen LogP contribution is 2.51. The average Bonchev–Trinajstić information content (AvgIpc) is 3.47. The number of hydrogen-bond donors (Lipinski definition) is 2. The number of alkyl halides is 1. The number of hydrogen-bond acceptors (Lipinski definition) is 7. The van der Waals surface area contributed by atoms with E-state index >= 15 is 0 Å². The van der Waals surface area contributed by atoms with Crippen molar-refractivity contribution in [2.45, 2.75) is 41.8 Å². The molecule has 1 spiro atoms. The van der Waals surface area contributed by atoms with Crippen LogP contribution < -0.4 is 16.4 Å². The summed E-state index contributed by atoms with van der Waals surface area (Å²) in [4.78, 5) is 16.8. The van der Waals surface area contributed by atoms with Crippen LogP contribution in [-0.4, -0.2) is 32.4 Å². The van der Waals surface area contributed by atoms with E-state index < -0.39 is 6.67 Å². The number of fused-ring (bicyclic) bond motifs is 2. The maximum absolute atomic E-state index is 14.3. The molecule has 3 aromatic heterocycles. The minimum absolute atomic E-state index is 0.0415. The number of nitrogen functional groups attached to an aromatic ring is 1. The SMILES string of the molecule is Nc1nccc(Sc2c(CF)nc(N3CCC4(CC3)Cc3ccccc3C4N)n3ccnc23)c1Cl. The van der Waals surface area contributed by atoms with Gasteiger partial charge in [0.05, 0.1) is 15.6 Å². The Bertz CT molecular complexity index is 1420. The molecule has 1 saturated heterocycles. The standard InChI is InChI=1S/C25H25ClFN7S/c26-19-18(5-8-30-22(19)29)35-20-17(14-27)32-24(34-12-9-31-23(20)34)33-10-6-25(7-11-33)13-15-3-1-2-4-16(15)21(25)28/h1-5,8-9,12,21H,6-7,10-11,13-14,28H2,(H2,29,30). The van der Waals surface area contributed by atoms with E-state index in [1.165, 1.54) is 22.9 Å². The molecule has 1 fully saturated rings. The largest absolute Gasteiger partial charge is 0.382 e. The Labute approximate surface area is 211 Å². The Morgan fingerprint density at radius 3 is 2.71 bits per heavy atom. The van der Waals surface area contributed by atoms with Crippen molar-refractivity contribution >= 4 is 40.8 Å². The van der Waals surface area contributed by atoms with E-state index in [4.69, 9.17) is 28.1 Å². The highest BCUT2D eigenvalue weighted by Gasteiger charge is 2.46. The van der Waals surface area contributed by atoms with Gasteiger partial charge < -0.3 is 16.4 Å². The Morgan fingerprint density at radius 1 is 1.14 bits per heavy atom. The fraction of sp³-hybridized carbons (Fsp3) is 0.320. The van der Waals surface area contributed by atoms with E-state index in [1.807, 2.05) is 10.6 Å². The number of nitrogens with zero attached hydrogens (tertiary/aromatic N) is 5. The maximum Gasteiger partial charge on any atom is 0.211 e. The van der Waals surface area contributed by atoms with Crippen molar-refractivity contribution in [3.8, 4) is 0 Å². The zero-order valence-corrected chi connectivity index (χ0v) is 20.6. The first kappa shape index (κ1) is 22.6. The lowest BCUT2D eigenvalue weighted by Gasteiger charge is -2.42. The molecule has 35 heavy (non-hydrogen) atoms. The number of pyridine rings is 1. The molecule has 1 aromatic carbocycles. The molecule has 2 aliphatic rings. The zero-order chi connectivity index (χ0) is 24.2. The number of anilines is 2. The third kappa shape index (κ3) is 3.64. The van der Waals surface area contributed by atoms with Crippen molar-refractivity contribution in [1.29, 1.82) is 0 Å². The van der Waals surface area contributed by atoms with Crippen molar-refractivity contribution in [1.82, 2.24) is 19.4 Å². The van der Waals surface area contributed by atoms with Crippen LogP contribution in [0.5, 0.6) is 0 Å². The predicted octanol–water partition coefficient (Wildman–Crippen LogP) is 4.82. The summed E-state index contributed by atoms with van der Waals surface area (Å²) in [6.45, 7) is 0.884. The first-order valence-corrected chi connectivity index (χ1v) is 12.8. The summed E-state index contributed by atoms with van der Waals surface area (Å²) in [7, 11) is 0. The van der Waals surface area contributed by atoms with Gasteiger partial charge in [0.2, 0.25) is 5.95 Å². The summed E-state index contributed by atoms with van der Waals surface area (Å²) >= 11 is 7.66. The zero-order valence-electron chi connectivity index (χ0n) is 19.0. The Kier molecular flexibility index (Phi) is 5.58. The molecule has 7 nitrogen and oxygen atoms in total. The van der Waals surface area contributed by atoms with Gasteiger partial charge in [0.1, 0.15) is 12.5 Å². The van der Waals surface area contributed by atoms with E-state index in [0.29, 0.717) is 32.1 Å². The molecule has 1 unspecified atom stereocenters. The van der Waals surface area contributed by atoms with Crippen LogP contribution in [0.4, 0.5) is 16.2 Å². The van der Waals surface area contributed by atoms with Crippen LogP contribution in [0.1, 0.15) is 35.7 Å². The van der Waals surface area contributed by atoms with Gasteiger partial charge >= 0.3 is 0 Å². The van der Waals surface area contributed by atoms with E-state index in [0.717, 1.165) is 32.4 Å². The van der Waals surface area contributed by atoms with Crippen molar-refractivity contribution in [2.75, 3.05) is 23.7 Å². The third-order valence-corrected chi connectivity index (χ3v) is 9.10. The topological polar surface area (TPSA) is 98.4 Å². The molecule has 1 atom stereocenters. The van der Waals surface area contributed by atoms with Gasteiger partial charge in [0.15, 0.2) is 5.65 Å². The minimum atomic E-state index is -0.713. The molecule has 0 saturated carbocycles. The van der Waals surface area contributed by atoms with Gasteiger partial charge in [0, 0.05) is 42.6 Å². The van der Waals surface area contributed by atoms with Crippen LogP contribution in [0, 0.1) is 5.41 Å². The molecule has 0 amide bonds. The lowest BCUT2D eigenvalue weighted by Crippen LogP contribution is -2.45. The molecule has 10 heteroatoms. The van der Waals surface area contributed by atoms with Crippen molar-refractivity contribution in [2.24, 2.45) is 11.1 Å². The van der Waals surface area contributed by atoms with Gasteiger partial charge in [-0.15, -0.1) is 0 Å². The highest BCUT2D eigenvalue weighted by atomic mass is 35.5.